The van der Waals surface area contributed by atoms with Gasteiger partial charge in [-0.05, 0) is 25.0 Å². The molecule has 0 aliphatic rings. The lowest BCUT2D eigenvalue weighted by molar-refractivity contribution is 0.111. The van der Waals surface area contributed by atoms with E-state index < -0.39 is 0 Å². The molecule has 0 saturated carbocycles. The highest BCUT2D eigenvalue weighted by Gasteiger charge is 2.07. The van der Waals surface area contributed by atoms with E-state index in [4.69, 9.17) is 10.00 Å². The molecule has 1 N–H and O–H groups in total. The van der Waals surface area contributed by atoms with Crippen LogP contribution >= 0.6 is 0 Å². The fourth-order valence-electron chi connectivity index (χ4n) is 1.26. The van der Waals surface area contributed by atoms with Gasteiger partial charge < -0.3 is 9.84 Å². The Labute approximate surface area is 94.1 Å². The second-order valence-electron chi connectivity index (χ2n) is 3.27. The lowest BCUT2D eigenvalue weighted by Gasteiger charge is -2.08. The molecular formula is C12H13NO3. The number of rotatable bonds is 6. The second kappa shape index (κ2) is 6.46. The highest BCUT2D eigenvalue weighted by Crippen LogP contribution is 2.25. The summed E-state index contributed by atoms with van der Waals surface area (Å²) in [7, 11) is 0. The van der Waals surface area contributed by atoms with Crippen molar-refractivity contribution in [3.05, 3.63) is 23.8 Å². The average molecular weight is 219 g/mol. The number of aldehydes is 1. The summed E-state index contributed by atoms with van der Waals surface area (Å²) in [6, 6.07) is 6.73. The van der Waals surface area contributed by atoms with Crippen molar-refractivity contribution in [3.63, 3.8) is 0 Å². The van der Waals surface area contributed by atoms with Crippen LogP contribution in [0.1, 0.15) is 29.6 Å². The number of hydrogen-bond donors (Lipinski definition) is 1. The molecule has 84 valence electrons. The number of carbonyl (C=O) groups excluding carboxylic acids is 1. The van der Waals surface area contributed by atoms with E-state index in [-0.39, 0.29) is 11.3 Å². The van der Waals surface area contributed by atoms with Crippen LogP contribution in [0.4, 0.5) is 0 Å². The van der Waals surface area contributed by atoms with Gasteiger partial charge in [0.25, 0.3) is 0 Å². The molecule has 0 aliphatic heterocycles. The van der Waals surface area contributed by atoms with Crippen LogP contribution in [0.5, 0.6) is 11.5 Å². The Morgan fingerprint density at radius 2 is 2.25 bits per heavy atom. The van der Waals surface area contributed by atoms with Gasteiger partial charge in [-0.15, -0.1) is 0 Å². The molecule has 1 aromatic rings. The highest BCUT2D eigenvalue weighted by atomic mass is 16.5. The van der Waals surface area contributed by atoms with Gasteiger partial charge in [-0.1, -0.05) is 6.07 Å². The van der Waals surface area contributed by atoms with Crippen LogP contribution in [-0.4, -0.2) is 18.0 Å². The van der Waals surface area contributed by atoms with E-state index in [9.17, 15) is 9.90 Å². The Hall–Kier alpha value is -2.02. The topological polar surface area (TPSA) is 70.3 Å². The van der Waals surface area contributed by atoms with Crippen LogP contribution < -0.4 is 4.74 Å². The van der Waals surface area contributed by atoms with Crippen molar-refractivity contribution in [2.75, 3.05) is 6.61 Å². The van der Waals surface area contributed by atoms with Gasteiger partial charge in [-0.3, -0.25) is 4.79 Å². The number of ether oxygens (including phenoxy) is 1. The lowest BCUT2D eigenvalue weighted by atomic mass is 10.2. The van der Waals surface area contributed by atoms with E-state index in [2.05, 4.69) is 0 Å². The first-order valence-corrected chi connectivity index (χ1v) is 5.06. The first-order valence-electron chi connectivity index (χ1n) is 5.06. The van der Waals surface area contributed by atoms with Gasteiger partial charge >= 0.3 is 0 Å². The molecule has 0 heterocycles. The molecule has 0 bridgehead atoms. The maximum atomic E-state index is 10.7. The summed E-state index contributed by atoms with van der Waals surface area (Å²) in [5.41, 5.74) is 0.169. The molecule has 1 rings (SSSR count). The zero-order valence-electron chi connectivity index (χ0n) is 8.85. The van der Waals surface area contributed by atoms with Gasteiger partial charge in [0.15, 0.2) is 6.29 Å². The summed E-state index contributed by atoms with van der Waals surface area (Å²) in [4.78, 5) is 10.7. The van der Waals surface area contributed by atoms with Crippen molar-refractivity contribution < 1.29 is 14.6 Å². The number of nitrogens with zero attached hydrogens (tertiary/aromatic N) is 1. The number of phenols is 1. The molecule has 0 radical (unpaired) electrons. The Balaban J connectivity index is 2.51. The monoisotopic (exact) mass is 219 g/mol. The molecule has 1 aromatic carbocycles. The maximum Gasteiger partial charge on any atom is 0.157 e. The molecule has 0 fully saturated rings. The Bertz CT molecular complexity index is 396. The Morgan fingerprint density at radius 1 is 1.44 bits per heavy atom. The van der Waals surface area contributed by atoms with Gasteiger partial charge in [-0.2, -0.15) is 5.26 Å². The lowest BCUT2D eigenvalue weighted by Crippen LogP contribution is -1.99. The van der Waals surface area contributed by atoms with Crippen LogP contribution in [0.25, 0.3) is 0 Å². The quantitative estimate of drug-likeness (QED) is 0.588. The minimum atomic E-state index is -0.0791. The largest absolute Gasteiger partial charge is 0.507 e. The third kappa shape index (κ3) is 3.28. The molecule has 4 nitrogen and oxygen atoms in total. The van der Waals surface area contributed by atoms with E-state index in [1.165, 1.54) is 6.07 Å². The van der Waals surface area contributed by atoms with E-state index in [1.807, 2.05) is 6.07 Å². The number of phenolic OH excluding ortho intramolecular Hbond substituents is 1. The molecule has 0 aromatic heterocycles. The fraction of sp³-hybridized carbons (Fsp3) is 0.333. The molecule has 4 heteroatoms. The highest BCUT2D eigenvalue weighted by molar-refractivity contribution is 5.83. The Morgan fingerprint density at radius 3 is 2.94 bits per heavy atom. The average Bonchev–Trinajstić information content (AvgIpc) is 2.29. The summed E-state index contributed by atoms with van der Waals surface area (Å²) in [5.74, 6) is 0.302. The molecule has 0 unspecified atom stereocenters. The second-order valence-corrected chi connectivity index (χ2v) is 3.27. The number of benzene rings is 1. The van der Waals surface area contributed by atoms with E-state index >= 15 is 0 Å². The van der Waals surface area contributed by atoms with Crippen molar-refractivity contribution in [1.29, 1.82) is 5.26 Å². The van der Waals surface area contributed by atoms with Gasteiger partial charge in [-0.25, -0.2) is 0 Å². The van der Waals surface area contributed by atoms with Crippen LogP contribution in [0, 0.1) is 11.3 Å². The zero-order chi connectivity index (χ0) is 11.8. The van der Waals surface area contributed by atoms with E-state index in [0.717, 1.165) is 12.8 Å². The van der Waals surface area contributed by atoms with Crippen LogP contribution in [0.3, 0.4) is 0 Å². The normalized spacial score (nSPS) is 9.44. The third-order valence-electron chi connectivity index (χ3n) is 2.10. The molecule has 0 spiro atoms. The first-order chi connectivity index (χ1) is 7.79. The number of nitriles is 1. The summed E-state index contributed by atoms with van der Waals surface area (Å²) in [6.07, 6.45) is 2.59. The molecular weight excluding hydrogens is 206 g/mol. The predicted molar refractivity (Wildman–Crippen MR) is 58.5 cm³/mol. The smallest absolute Gasteiger partial charge is 0.157 e. The van der Waals surface area contributed by atoms with Crippen molar-refractivity contribution in [1.82, 2.24) is 0 Å². The fourth-order valence-corrected chi connectivity index (χ4v) is 1.26. The third-order valence-corrected chi connectivity index (χ3v) is 2.10. The van der Waals surface area contributed by atoms with Crippen molar-refractivity contribution >= 4 is 6.29 Å². The van der Waals surface area contributed by atoms with Gasteiger partial charge in [0.2, 0.25) is 0 Å². The molecule has 0 atom stereocenters. The minimum absolute atomic E-state index is 0.0791. The van der Waals surface area contributed by atoms with Crippen molar-refractivity contribution in [2.45, 2.75) is 19.3 Å². The molecule has 0 aliphatic carbocycles. The number of hydrogen-bond acceptors (Lipinski definition) is 4. The van der Waals surface area contributed by atoms with Gasteiger partial charge in [0.1, 0.15) is 11.5 Å². The number of aromatic hydroxyl groups is 1. The van der Waals surface area contributed by atoms with Crippen LogP contribution in [-0.2, 0) is 0 Å². The Kier molecular flexibility index (Phi) is 4.87. The maximum absolute atomic E-state index is 10.7. The predicted octanol–water partition coefficient (Wildman–Crippen LogP) is 2.28. The zero-order valence-corrected chi connectivity index (χ0v) is 8.85. The summed E-state index contributed by atoms with van der Waals surface area (Å²) in [6.45, 7) is 0.436. The van der Waals surface area contributed by atoms with Gasteiger partial charge in [0, 0.05) is 6.42 Å². The van der Waals surface area contributed by atoms with Crippen LogP contribution in [0.2, 0.25) is 0 Å². The van der Waals surface area contributed by atoms with E-state index in [1.54, 1.807) is 12.1 Å². The standard InChI is InChI=1S/C12H13NO3/c13-7-2-1-3-8-16-12-6-4-5-11(15)10(12)9-14/h4-6,9,15H,1-3,8H2. The molecule has 0 amide bonds. The van der Waals surface area contributed by atoms with Crippen LogP contribution in [0.15, 0.2) is 18.2 Å². The van der Waals surface area contributed by atoms with E-state index in [0.29, 0.717) is 25.1 Å². The summed E-state index contributed by atoms with van der Waals surface area (Å²) in [5, 5.41) is 17.7. The number of unbranched alkanes of at least 4 members (excludes halogenated alkanes) is 2. The summed E-state index contributed by atoms with van der Waals surface area (Å²) >= 11 is 0. The SMILES string of the molecule is N#CCCCCOc1cccc(O)c1C=O. The molecule has 0 saturated heterocycles. The van der Waals surface area contributed by atoms with Crippen molar-refractivity contribution in [2.24, 2.45) is 0 Å². The number of carbonyl (C=O) groups is 1. The first kappa shape index (κ1) is 12.1. The van der Waals surface area contributed by atoms with Crippen molar-refractivity contribution in [3.8, 4) is 17.6 Å². The molecule has 16 heavy (non-hydrogen) atoms. The summed E-state index contributed by atoms with van der Waals surface area (Å²) < 4.78 is 5.35. The van der Waals surface area contributed by atoms with Gasteiger partial charge in [0.05, 0.1) is 18.2 Å². The minimum Gasteiger partial charge on any atom is -0.507 e.